The number of hydrogen-bond acceptors (Lipinski definition) is 4. The number of hydrogen-bond donors (Lipinski definition) is 2. The molecule has 2 N–H and O–H groups in total. The van der Waals surface area contributed by atoms with Gasteiger partial charge in [0, 0.05) is 12.8 Å². The Labute approximate surface area is 123 Å². The zero-order chi connectivity index (χ0) is 15.1. The first-order valence-corrected chi connectivity index (χ1v) is 7.01. The Morgan fingerprint density at radius 1 is 1.14 bits per heavy atom. The molecule has 5 nitrogen and oxygen atoms in total. The largest absolute Gasteiger partial charge is 0.461 e. The van der Waals surface area contributed by atoms with Gasteiger partial charge in [-0.2, -0.15) is 0 Å². The van der Waals surface area contributed by atoms with E-state index in [2.05, 4.69) is 5.32 Å². The second-order valence-electron chi connectivity index (χ2n) is 4.92. The van der Waals surface area contributed by atoms with Gasteiger partial charge in [0.25, 0.3) is 0 Å². The highest BCUT2D eigenvalue weighted by molar-refractivity contribution is 5.77. The molecule has 1 heterocycles. The molecule has 0 aromatic heterocycles. The summed E-state index contributed by atoms with van der Waals surface area (Å²) in [7, 11) is 0. The molecular weight excluding hydrogens is 270 g/mol. The Bertz CT molecular complexity index is 512. The van der Waals surface area contributed by atoms with Crippen molar-refractivity contribution in [2.45, 2.75) is 31.4 Å². The van der Waals surface area contributed by atoms with Crippen molar-refractivity contribution in [3.63, 3.8) is 0 Å². The average molecular weight is 289 g/mol. The molecule has 2 atom stereocenters. The summed E-state index contributed by atoms with van der Waals surface area (Å²) in [6.45, 7) is 0.00929. The van der Waals surface area contributed by atoms with E-state index < -0.39 is 18.1 Å². The number of amides is 1. The number of carbonyl (C=O) groups excluding carboxylic acids is 2. The van der Waals surface area contributed by atoms with Crippen molar-refractivity contribution in [3.8, 4) is 0 Å². The average Bonchev–Trinajstić information content (AvgIpc) is 2.50. The predicted octanol–water partition coefficient (Wildman–Crippen LogP) is 1.49. The van der Waals surface area contributed by atoms with Gasteiger partial charge in [0.15, 0.2) is 6.10 Å². The van der Waals surface area contributed by atoms with Crippen LogP contribution in [0.1, 0.15) is 30.9 Å². The quantitative estimate of drug-likeness (QED) is 0.606. The molecule has 1 aliphatic heterocycles. The number of aliphatic hydroxyl groups excluding tert-OH is 1. The van der Waals surface area contributed by atoms with Gasteiger partial charge in [0.2, 0.25) is 5.91 Å². The van der Waals surface area contributed by atoms with E-state index in [9.17, 15) is 14.7 Å². The highest BCUT2D eigenvalue weighted by Gasteiger charge is 2.20. The zero-order valence-electron chi connectivity index (χ0n) is 11.7. The van der Waals surface area contributed by atoms with Crippen molar-refractivity contribution in [2.24, 2.45) is 0 Å². The van der Waals surface area contributed by atoms with Gasteiger partial charge in [-0.05, 0) is 12.0 Å². The van der Waals surface area contributed by atoms with Crippen LogP contribution in [0.2, 0.25) is 0 Å². The maximum atomic E-state index is 11.9. The number of esters is 1. The highest BCUT2D eigenvalue weighted by atomic mass is 16.5. The molecule has 0 radical (unpaired) electrons. The first kappa shape index (κ1) is 15.3. The van der Waals surface area contributed by atoms with Crippen LogP contribution < -0.4 is 5.32 Å². The molecule has 112 valence electrons. The number of cyclic esters (lactones) is 1. The van der Waals surface area contributed by atoms with Crippen molar-refractivity contribution in [1.82, 2.24) is 5.32 Å². The van der Waals surface area contributed by atoms with Gasteiger partial charge in [0.1, 0.15) is 6.61 Å². The number of aliphatic hydroxyl groups is 1. The Morgan fingerprint density at radius 3 is 2.67 bits per heavy atom. The van der Waals surface area contributed by atoms with E-state index in [4.69, 9.17) is 4.74 Å². The van der Waals surface area contributed by atoms with Gasteiger partial charge in [-0.25, -0.2) is 4.79 Å². The third-order valence-corrected chi connectivity index (χ3v) is 3.27. The molecule has 0 unspecified atom stereocenters. The monoisotopic (exact) mass is 289 g/mol. The molecule has 0 saturated heterocycles. The van der Waals surface area contributed by atoms with Crippen LogP contribution in [0.5, 0.6) is 0 Å². The fourth-order valence-electron chi connectivity index (χ4n) is 2.09. The lowest BCUT2D eigenvalue weighted by atomic mass is 10.1. The van der Waals surface area contributed by atoms with Crippen LogP contribution in [0.3, 0.4) is 0 Å². The molecule has 0 fully saturated rings. The van der Waals surface area contributed by atoms with E-state index in [0.29, 0.717) is 12.8 Å². The summed E-state index contributed by atoms with van der Waals surface area (Å²) < 4.78 is 5.10. The first-order chi connectivity index (χ1) is 10.2. The van der Waals surface area contributed by atoms with Gasteiger partial charge >= 0.3 is 5.97 Å². The molecule has 2 rings (SSSR count). The molecule has 1 amide bonds. The van der Waals surface area contributed by atoms with Crippen LogP contribution in [-0.4, -0.2) is 29.7 Å². The van der Waals surface area contributed by atoms with Crippen LogP contribution in [0, 0.1) is 0 Å². The van der Waals surface area contributed by atoms with Crippen LogP contribution in [0.4, 0.5) is 0 Å². The second-order valence-corrected chi connectivity index (χ2v) is 4.92. The number of rotatable bonds is 1. The lowest BCUT2D eigenvalue weighted by Gasteiger charge is -2.20. The number of carbonyl (C=O) groups is 2. The van der Waals surface area contributed by atoms with E-state index in [0.717, 1.165) is 5.56 Å². The second kappa shape index (κ2) is 7.59. The summed E-state index contributed by atoms with van der Waals surface area (Å²) in [5, 5.41) is 12.5. The first-order valence-electron chi connectivity index (χ1n) is 7.01. The Morgan fingerprint density at radius 2 is 1.90 bits per heavy atom. The number of ether oxygens (including phenoxy) is 1. The number of benzene rings is 1. The van der Waals surface area contributed by atoms with Crippen LogP contribution in [0.25, 0.3) is 0 Å². The Balaban J connectivity index is 2.13. The van der Waals surface area contributed by atoms with Crippen LogP contribution in [-0.2, 0) is 14.3 Å². The standard InChI is InChI=1S/C16H19NO4/c18-14-9-5-2-6-10-15(19)17-13(11-21-16(14)20)12-7-3-1-4-8-12/h1-5,7-8,13-14,18H,6,9-11H2,(H,17,19)/t13-,14+/m0/s1. The van der Waals surface area contributed by atoms with Crippen molar-refractivity contribution in [1.29, 1.82) is 0 Å². The zero-order valence-corrected chi connectivity index (χ0v) is 11.7. The molecule has 1 aromatic rings. The fraction of sp³-hybridized carbons (Fsp3) is 0.375. The molecule has 0 bridgehead atoms. The minimum Gasteiger partial charge on any atom is -0.461 e. The molecule has 0 aliphatic carbocycles. The van der Waals surface area contributed by atoms with E-state index >= 15 is 0 Å². The van der Waals surface area contributed by atoms with Crippen molar-refractivity contribution < 1.29 is 19.4 Å². The molecule has 1 aliphatic rings. The van der Waals surface area contributed by atoms with Gasteiger partial charge in [-0.3, -0.25) is 4.79 Å². The summed E-state index contributed by atoms with van der Waals surface area (Å²) in [4.78, 5) is 23.6. The molecule has 1 aromatic carbocycles. The summed E-state index contributed by atoms with van der Waals surface area (Å²) in [6, 6.07) is 8.91. The normalized spacial score (nSPS) is 24.4. The van der Waals surface area contributed by atoms with Gasteiger partial charge in [-0.15, -0.1) is 0 Å². The molecule has 0 saturated carbocycles. The molecule has 21 heavy (non-hydrogen) atoms. The highest BCUT2D eigenvalue weighted by Crippen LogP contribution is 2.15. The fourth-order valence-corrected chi connectivity index (χ4v) is 2.09. The van der Waals surface area contributed by atoms with Gasteiger partial charge < -0.3 is 15.2 Å². The topological polar surface area (TPSA) is 75.6 Å². The maximum absolute atomic E-state index is 11.9. The van der Waals surface area contributed by atoms with Crippen LogP contribution >= 0.6 is 0 Å². The molecular formula is C16H19NO4. The van der Waals surface area contributed by atoms with Gasteiger partial charge in [-0.1, -0.05) is 42.5 Å². The minimum absolute atomic E-state index is 0.00929. The van der Waals surface area contributed by atoms with Crippen molar-refractivity contribution in [3.05, 3.63) is 48.0 Å². The number of nitrogens with one attached hydrogen (secondary N) is 1. The van der Waals surface area contributed by atoms with Crippen LogP contribution in [0.15, 0.2) is 42.5 Å². The summed E-state index contributed by atoms with van der Waals surface area (Å²) in [5.74, 6) is -0.763. The smallest absolute Gasteiger partial charge is 0.335 e. The lowest BCUT2D eigenvalue weighted by molar-refractivity contribution is -0.154. The molecule has 0 spiro atoms. The summed E-state index contributed by atoms with van der Waals surface area (Å²) in [5.41, 5.74) is 0.862. The molecule has 5 heteroatoms. The summed E-state index contributed by atoms with van der Waals surface area (Å²) in [6.07, 6.45) is 3.47. The van der Waals surface area contributed by atoms with E-state index in [1.165, 1.54) is 0 Å². The maximum Gasteiger partial charge on any atom is 0.335 e. The Hall–Kier alpha value is -2.14. The van der Waals surface area contributed by atoms with Gasteiger partial charge in [0.05, 0.1) is 6.04 Å². The predicted molar refractivity (Wildman–Crippen MR) is 77.3 cm³/mol. The third kappa shape index (κ3) is 4.72. The minimum atomic E-state index is -1.16. The van der Waals surface area contributed by atoms with E-state index in [1.54, 1.807) is 12.2 Å². The Kier molecular flexibility index (Phi) is 5.51. The third-order valence-electron chi connectivity index (χ3n) is 3.27. The summed E-state index contributed by atoms with van der Waals surface area (Å²) >= 11 is 0. The lowest BCUT2D eigenvalue weighted by Crippen LogP contribution is -2.34. The van der Waals surface area contributed by atoms with Crippen molar-refractivity contribution >= 4 is 11.9 Å². The SMILES string of the molecule is O=C1CCC=CC[C@@H](O)C(=O)OC[C@@H](c2ccccc2)N1. The number of allylic oxidation sites excluding steroid dienone is 1. The van der Waals surface area contributed by atoms with E-state index in [1.807, 2.05) is 30.3 Å². The van der Waals surface area contributed by atoms with E-state index in [-0.39, 0.29) is 18.9 Å². The van der Waals surface area contributed by atoms with Crippen molar-refractivity contribution in [2.75, 3.05) is 6.61 Å².